The fraction of sp³-hybridized carbons (Fsp3) is 0.182. The Morgan fingerprint density at radius 2 is 2.00 bits per heavy atom. The lowest BCUT2D eigenvalue weighted by atomic mass is 10.0. The average Bonchev–Trinajstić information content (AvgIpc) is 3.29. The lowest BCUT2D eigenvalue weighted by Crippen LogP contribution is -2.13. The zero-order chi connectivity index (χ0) is 20.4. The number of carbonyl (C=O) groups excluding carboxylic acids is 1. The van der Waals surface area contributed by atoms with Gasteiger partial charge >= 0.3 is 0 Å². The van der Waals surface area contributed by atoms with Crippen molar-refractivity contribution in [1.82, 2.24) is 14.8 Å². The van der Waals surface area contributed by atoms with Crippen LogP contribution >= 0.6 is 0 Å². The molecule has 29 heavy (non-hydrogen) atoms. The molecule has 0 bridgehead atoms. The summed E-state index contributed by atoms with van der Waals surface area (Å²) in [6, 6.07) is 14.0. The van der Waals surface area contributed by atoms with Crippen molar-refractivity contribution in [2.45, 2.75) is 12.8 Å². The number of amides is 1. The van der Waals surface area contributed by atoms with Gasteiger partial charge in [-0.05, 0) is 60.0 Å². The van der Waals surface area contributed by atoms with E-state index in [-0.39, 0.29) is 18.1 Å². The molecule has 0 fully saturated rings. The number of H-pyrrole nitrogens is 1. The van der Waals surface area contributed by atoms with E-state index in [1.807, 2.05) is 24.3 Å². The molecule has 0 saturated heterocycles. The van der Waals surface area contributed by atoms with Crippen molar-refractivity contribution in [2.75, 3.05) is 12.4 Å². The topological polar surface area (TPSA) is 71.9 Å². The lowest BCUT2D eigenvalue weighted by Gasteiger charge is -2.07. The van der Waals surface area contributed by atoms with Gasteiger partial charge in [-0.3, -0.25) is 9.48 Å². The fourth-order valence-corrected chi connectivity index (χ4v) is 3.41. The van der Waals surface area contributed by atoms with E-state index in [2.05, 4.69) is 15.4 Å². The molecular formula is C22H21FN4O2. The van der Waals surface area contributed by atoms with Crippen LogP contribution in [0, 0.1) is 5.82 Å². The number of fused-ring (bicyclic) bond motifs is 1. The standard InChI is InChI=1S/C22H21FN4O2/c1-27-12-11-20(26-27)25-21(28)10-8-17-18-13-15(23)5-9-19(18)24-22(17)14-3-6-16(29-2)7-4-14/h3-7,9,11-13,24H,8,10H2,1-2H3,(H,25,26,28). The minimum atomic E-state index is -0.308. The Hall–Kier alpha value is -3.61. The summed E-state index contributed by atoms with van der Waals surface area (Å²) in [6.45, 7) is 0. The van der Waals surface area contributed by atoms with E-state index in [4.69, 9.17) is 4.74 Å². The SMILES string of the molecule is COc1ccc(-c2[nH]c3ccc(F)cc3c2CCC(=O)Nc2ccn(C)n2)cc1. The number of aromatic nitrogens is 3. The third-order valence-electron chi connectivity index (χ3n) is 4.83. The van der Waals surface area contributed by atoms with Gasteiger partial charge in [0.2, 0.25) is 5.91 Å². The number of halogens is 1. The van der Waals surface area contributed by atoms with Gasteiger partial charge in [-0.15, -0.1) is 0 Å². The molecule has 0 atom stereocenters. The molecule has 0 radical (unpaired) electrons. The second kappa shape index (κ2) is 7.79. The Morgan fingerprint density at radius 1 is 1.21 bits per heavy atom. The minimum absolute atomic E-state index is 0.143. The van der Waals surface area contributed by atoms with Gasteiger partial charge in [0.15, 0.2) is 5.82 Å². The molecule has 0 spiro atoms. The Kier molecular flexibility index (Phi) is 5.03. The third kappa shape index (κ3) is 3.99. The van der Waals surface area contributed by atoms with Crippen LogP contribution < -0.4 is 10.1 Å². The maximum absolute atomic E-state index is 13.9. The molecule has 0 unspecified atom stereocenters. The smallest absolute Gasteiger partial charge is 0.225 e. The van der Waals surface area contributed by atoms with Gasteiger partial charge in [0.1, 0.15) is 11.6 Å². The van der Waals surface area contributed by atoms with Gasteiger partial charge in [0.25, 0.3) is 0 Å². The fourth-order valence-electron chi connectivity index (χ4n) is 3.41. The monoisotopic (exact) mass is 392 g/mol. The van der Waals surface area contributed by atoms with Crippen LogP contribution in [0.4, 0.5) is 10.2 Å². The van der Waals surface area contributed by atoms with Crippen molar-refractivity contribution in [1.29, 1.82) is 0 Å². The van der Waals surface area contributed by atoms with Gasteiger partial charge in [-0.1, -0.05) is 0 Å². The first-order chi connectivity index (χ1) is 14.0. The highest BCUT2D eigenvalue weighted by Crippen LogP contribution is 2.32. The first kappa shape index (κ1) is 18.7. The van der Waals surface area contributed by atoms with Crippen LogP contribution in [-0.4, -0.2) is 27.8 Å². The van der Waals surface area contributed by atoms with Crippen LogP contribution in [0.15, 0.2) is 54.7 Å². The minimum Gasteiger partial charge on any atom is -0.497 e. The van der Waals surface area contributed by atoms with Crippen LogP contribution in [0.3, 0.4) is 0 Å². The van der Waals surface area contributed by atoms with Crippen LogP contribution in [0.5, 0.6) is 5.75 Å². The quantitative estimate of drug-likeness (QED) is 0.514. The number of hydrogen-bond donors (Lipinski definition) is 2. The predicted octanol–water partition coefficient (Wildman–Crippen LogP) is 4.29. The number of aryl methyl sites for hydroxylation is 2. The summed E-state index contributed by atoms with van der Waals surface area (Å²) in [6.07, 6.45) is 2.48. The molecule has 0 aliphatic rings. The zero-order valence-electron chi connectivity index (χ0n) is 16.2. The summed E-state index contributed by atoms with van der Waals surface area (Å²) in [5.74, 6) is 0.817. The first-order valence-corrected chi connectivity index (χ1v) is 9.27. The first-order valence-electron chi connectivity index (χ1n) is 9.27. The number of hydrogen-bond acceptors (Lipinski definition) is 3. The largest absolute Gasteiger partial charge is 0.497 e. The molecule has 4 rings (SSSR count). The van der Waals surface area contributed by atoms with E-state index in [1.165, 1.54) is 12.1 Å². The summed E-state index contributed by atoms with van der Waals surface area (Å²) >= 11 is 0. The number of methoxy groups -OCH3 is 1. The molecule has 7 heteroatoms. The van der Waals surface area contributed by atoms with Crippen LogP contribution in [-0.2, 0) is 18.3 Å². The molecule has 2 heterocycles. The molecule has 2 aromatic heterocycles. The lowest BCUT2D eigenvalue weighted by molar-refractivity contribution is -0.116. The van der Waals surface area contributed by atoms with E-state index in [0.29, 0.717) is 12.2 Å². The van der Waals surface area contributed by atoms with Crippen LogP contribution in [0.1, 0.15) is 12.0 Å². The molecule has 1 amide bonds. The number of carbonyl (C=O) groups is 1. The predicted molar refractivity (Wildman–Crippen MR) is 110 cm³/mol. The summed E-state index contributed by atoms with van der Waals surface area (Å²) in [5.41, 5.74) is 3.56. The summed E-state index contributed by atoms with van der Waals surface area (Å²) in [7, 11) is 3.41. The maximum Gasteiger partial charge on any atom is 0.225 e. The summed E-state index contributed by atoms with van der Waals surface area (Å²) in [4.78, 5) is 15.8. The van der Waals surface area contributed by atoms with Gasteiger partial charge in [0, 0.05) is 42.3 Å². The third-order valence-corrected chi connectivity index (χ3v) is 4.83. The number of aromatic amines is 1. The van der Waals surface area contributed by atoms with E-state index in [9.17, 15) is 9.18 Å². The van der Waals surface area contributed by atoms with Crippen LogP contribution in [0.2, 0.25) is 0 Å². The number of rotatable bonds is 6. The Labute approximate surface area is 167 Å². The highest BCUT2D eigenvalue weighted by atomic mass is 19.1. The number of benzene rings is 2. The molecule has 4 aromatic rings. The molecule has 2 N–H and O–H groups in total. The average molecular weight is 392 g/mol. The number of ether oxygens (including phenoxy) is 1. The Balaban J connectivity index is 1.63. The van der Waals surface area contributed by atoms with Crippen molar-refractivity contribution < 1.29 is 13.9 Å². The summed E-state index contributed by atoms with van der Waals surface area (Å²) < 4.78 is 20.7. The normalized spacial score (nSPS) is 11.0. The van der Waals surface area contributed by atoms with Gasteiger partial charge in [-0.25, -0.2) is 4.39 Å². The summed E-state index contributed by atoms with van der Waals surface area (Å²) in [5, 5.41) is 7.72. The van der Waals surface area contributed by atoms with Crippen molar-refractivity contribution in [2.24, 2.45) is 7.05 Å². The highest BCUT2D eigenvalue weighted by molar-refractivity contribution is 5.93. The second-order valence-corrected chi connectivity index (χ2v) is 6.82. The van der Waals surface area contributed by atoms with Gasteiger partial charge in [-0.2, -0.15) is 5.10 Å². The van der Waals surface area contributed by atoms with Gasteiger partial charge in [0.05, 0.1) is 7.11 Å². The number of nitrogens with zero attached hydrogens (tertiary/aromatic N) is 2. The highest BCUT2D eigenvalue weighted by Gasteiger charge is 2.16. The number of anilines is 1. The molecular weight excluding hydrogens is 371 g/mol. The zero-order valence-corrected chi connectivity index (χ0v) is 16.2. The molecule has 148 valence electrons. The molecule has 6 nitrogen and oxygen atoms in total. The molecule has 0 saturated carbocycles. The molecule has 0 aliphatic carbocycles. The number of nitrogens with one attached hydrogen (secondary N) is 2. The van der Waals surface area contributed by atoms with Crippen molar-refractivity contribution >= 4 is 22.6 Å². The van der Waals surface area contributed by atoms with E-state index in [1.54, 1.807) is 37.2 Å². The Morgan fingerprint density at radius 3 is 2.69 bits per heavy atom. The Bertz CT molecular complexity index is 1160. The maximum atomic E-state index is 13.9. The van der Waals surface area contributed by atoms with E-state index >= 15 is 0 Å². The van der Waals surface area contributed by atoms with Crippen LogP contribution in [0.25, 0.3) is 22.2 Å². The van der Waals surface area contributed by atoms with Crippen molar-refractivity contribution in [3.05, 3.63) is 66.1 Å². The van der Waals surface area contributed by atoms with E-state index < -0.39 is 0 Å². The molecule has 0 aliphatic heterocycles. The van der Waals surface area contributed by atoms with Gasteiger partial charge < -0.3 is 15.0 Å². The van der Waals surface area contributed by atoms with Crippen molar-refractivity contribution in [3.8, 4) is 17.0 Å². The van der Waals surface area contributed by atoms with E-state index in [0.717, 1.165) is 33.5 Å². The molecule has 2 aromatic carbocycles. The second-order valence-electron chi connectivity index (χ2n) is 6.82. The van der Waals surface area contributed by atoms with Crippen molar-refractivity contribution in [3.63, 3.8) is 0 Å².